The number of likely N-dealkylation sites (tertiary alicyclic amines) is 1. The predicted octanol–water partition coefficient (Wildman–Crippen LogP) is 3.37. The van der Waals surface area contributed by atoms with Crippen molar-refractivity contribution in [1.82, 2.24) is 15.5 Å². The third-order valence-electron chi connectivity index (χ3n) is 4.90. The lowest BCUT2D eigenvalue weighted by atomic mass is 10.0. The van der Waals surface area contributed by atoms with Gasteiger partial charge < -0.3 is 10.6 Å². The first-order chi connectivity index (χ1) is 13.0. The Bertz CT molecular complexity index is 642. The summed E-state index contributed by atoms with van der Waals surface area (Å²) in [4.78, 5) is 26.6. The van der Waals surface area contributed by atoms with E-state index >= 15 is 0 Å². The van der Waals surface area contributed by atoms with E-state index in [9.17, 15) is 14.0 Å². The van der Waals surface area contributed by atoms with Gasteiger partial charge in [-0.3, -0.25) is 14.5 Å². The molecule has 1 heterocycles. The molecule has 0 aliphatic carbocycles. The molecule has 1 atom stereocenters. The third kappa shape index (κ3) is 7.11. The number of hydrogen-bond donors (Lipinski definition) is 2. The quantitative estimate of drug-likeness (QED) is 0.671. The summed E-state index contributed by atoms with van der Waals surface area (Å²) in [5.74, 6) is -0.987. The Morgan fingerprint density at radius 3 is 2.85 bits per heavy atom. The molecule has 1 aliphatic heterocycles. The topological polar surface area (TPSA) is 61.4 Å². The molecule has 2 amide bonds. The van der Waals surface area contributed by atoms with E-state index < -0.39 is 11.7 Å². The van der Waals surface area contributed by atoms with Crippen LogP contribution >= 0.6 is 11.6 Å². The zero-order chi connectivity index (χ0) is 19.6. The van der Waals surface area contributed by atoms with Crippen molar-refractivity contribution in [2.75, 3.05) is 26.2 Å². The molecule has 0 bridgehead atoms. The summed E-state index contributed by atoms with van der Waals surface area (Å²) >= 11 is 5.87. The fraction of sp³-hybridized carbons (Fsp3) is 0.600. The average Bonchev–Trinajstić information content (AvgIpc) is 2.65. The first kappa shape index (κ1) is 21.6. The van der Waals surface area contributed by atoms with Crippen molar-refractivity contribution < 1.29 is 14.0 Å². The Hall–Kier alpha value is -1.66. The van der Waals surface area contributed by atoms with Gasteiger partial charge in [0.05, 0.1) is 10.6 Å². The number of nitrogens with one attached hydrogen (secondary N) is 2. The van der Waals surface area contributed by atoms with E-state index in [1.165, 1.54) is 37.8 Å². The van der Waals surface area contributed by atoms with Gasteiger partial charge in [0.25, 0.3) is 5.91 Å². The number of piperidine rings is 1. The molecule has 2 rings (SSSR count). The van der Waals surface area contributed by atoms with Crippen molar-refractivity contribution in [3.05, 3.63) is 34.6 Å². The lowest BCUT2D eigenvalue weighted by Gasteiger charge is -2.35. The molecule has 1 aromatic carbocycles. The van der Waals surface area contributed by atoms with Crippen LogP contribution in [0.15, 0.2) is 18.2 Å². The highest BCUT2D eigenvalue weighted by Gasteiger charge is 2.22. The van der Waals surface area contributed by atoms with Crippen LogP contribution in [-0.2, 0) is 4.79 Å². The van der Waals surface area contributed by atoms with E-state index in [0.29, 0.717) is 12.6 Å². The van der Waals surface area contributed by atoms with E-state index in [2.05, 4.69) is 22.5 Å². The Morgan fingerprint density at radius 2 is 2.11 bits per heavy atom. The Balaban J connectivity index is 1.70. The molecule has 1 aromatic rings. The lowest BCUT2D eigenvalue weighted by Crippen LogP contribution is -2.47. The summed E-state index contributed by atoms with van der Waals surface area (Å²) in [5.41, 5.74) is 0.201. The molecule has 5 nitrogen and oxygen atoms in total. The molecule has 1 saturated heterocycles. The molecule has 0 aromatic heterocycles. The maximum atomic E-state index is 13.0. The minimum absolute atomic E-state index is 0.0569. The van der Waals surface area contributed by atoms with Gasteiger partial charge in [0.15, 0.2) is 0 Å². The van der Waals surface area contributed by atoms with Gasteiger partial charge in [-0.15, -0.1) is 0 Å². The van der Waals surface area contributed by atoms with Gasteiger partial charge in [0, 0.05) is 25.6 Å². The second kappa shape index (κ2) is 11.2. The second-order valence-electron chi connectivity index (χ2n) is 6.97. The molecular formula is C20H29ClFN3O2. The summed E-state index contributed by atoms with van der Waals surface area (Å²) in [6, 6.07) is 4.02. The molecule has 1 fully saturated rings. The SMILES string of the molecule is CCCCN1CCCCC1CNC(=O)CCNC(=O)c1ccc(F)cc1Cl. The van der Waals surface area contributed by atoms with Gasteiger partial charge in [-0.05, 0) is 50.6 Å². The van der Waals surface area contributed by atoms with Crippen LogP contribution in [0.5, 0.6) is 0 Å². The number of amides is 2. The van der Waals surface area contributed by atoms with Gasteiger partial charge in [0.1, 0.15) is 5.82 Å². The summed E-state index contributed by atoms with van der Waals surface area (Å²) in [6.07, 6.45) is 6.11. The minimum atomic E-state index is -0.494. The van der Waals surface area contributed by atoms with Crippen molar-refractivity contribution in [1.29, 1.82) is 0 Å². The van der Waals surface area contributed by atoms with Crippen LogP contribution in [0.3, 0.4) is 0 Å². The summed E-state index contributed by atoms with van der Waals surface area (Å²) in [5, 5.41) is 5.69. The van der Waals surface area contributed by atoms with E-state index in [1.807, 2.05) is 0 Å². The number of carbonyl (C=O) groups is 2. The van der Waals surface area contributed by atoms with Crippen LogP contribution in [-0.4, -0.2) is 48.9 Å². The number of carbonyl (C=O) groups excluding carboxylic acids is 2. The van der Waals surface area contributed by atoms with Crippen LogP contribution in [0.25, 0.3) is 0 Å². The largest absolute Gasteiger partial charge is 0.354 e. The first-order valence-corrected chi connectivity index (χ1v) is 10.1. The molecule has 0 spiro atoms. The maximum absolute atomic E-state index is 13.0. The zero-order valence-electron chi connectivity index (χ0n) is 15.9. The van der Waals surface area contributed by atoms with Crippen molar-refractivity contribution in [2.24, 2.45) is 0 Å². The van der Waals surface area contributed by atoms with Crippen molar-refractivity contribution >= 4 is 23.4 Å². The van der Waals surface area contributed by atoms with Crippen molar-refractivity contribution in [2.45, 2.75) is 51.5 Å². The number of hydrogen-bond acceptors (Lipinski definition) is 3. The number of unbranched alkanes of at least 4 members (excludes halogenated alkanes) is 1. The van der Waals surface area contributed by atoms with E-state index in [4.69, 9.17) is 11.6 Å². The molecular weight excluding hydrogens is 369 g/mol. The molecule has 1 aliphatic rings. The lowest BCUT2D eigenvalue weighted by molar-refractivity contribution is -0.121. The van der Waals surface area contributed by atoms with Crippen LogP contribution in [0.2, 0.25) is 5.02 Å². The third-order valence-corrected chi connectivity index (χ3v) is 5.21. The van der Waals surface area contributed by atoms with E-state index in [1.54, 1.807) is 0 Å². The Morgan fingerprint density at radius 1 is 1.30 bits per heavy atom. The average molecular weight is 398 g/mol. The van der Waals surface area contributed by atoms with Crippen molar-refractivity contribution in [3.8, 4) is 0 Å². The van der Waals surface area contributed by atoms with E-state index in [0.717, 1.165) is 25.6 Å². The molecule has 150 valence electrons. The molecule has 0 saturated carbocycles. The zero-order valence-corrected chi connectivity index (χ0v) is 16.7. The van der Waals surface area contributed by atoms with E-state index in [-0.39, 0.29) is 29.5 Å². The summed E-state index contributed by atoms with van der Waals surface area (Å²) in [7, 11) is 0. The highest BCUT2D eigenvalue weighted by molar-refractivity contribution is 6.33. The fourth-order valence-electron chi connectivity index (χ4n) is 3.33. The molecule has 1 unspecified atom stereocenters. The van der Waals surface area contributed by atoms with Gasteiger partial charge >= 0.3 is 0 Å². The van der Waals surface area contributed by atoms with Gasteiger partial charge in [-0.25, -0.2) is 4.39 Å². The fourth-order valence-corrected chi connectivity index (χ4v) is 3.58. The number of nitrogens with zero attached hydrogens (tertiary/aromatic N) is 1. The number of benzene rings is 1. The Kier molecular flexibility index (Phi) is 9.01. The molecule has 2 N–H and O–H groups in total. The van der Waals surface area contributed by atoms with Gasteiger partial charge in [0.2, 0.25) is 5.91 Å². The monoisotopic (exact) mass is 397 g/mol. The second-order valence-corrected chi connectivity index (χ2v) is 7.38. The highest BCUT2D eigenvalue weighted by Crippen LogP contribution is 2.18. The Labute approximate surface area is 165 Å². The van der Waals surface area contributed by atoms with Gasteiger partial charge in [-0.1, -0.05) is 31.4 Å². The summed E-state index contributed by atoms with van der Waals surface area (Å²) < 4.78 is 13.0. The maximum Gasteiger partial charge on any atom is 0.252 e. The van der Waals surface area contributed by atoms with Crippen molar-refractivity contribution in [3.63, 3.8) is 0 Å². The van der Waals surface area contributed by atoms with Crippen LogP contribution in [0.4, 0.5) is 4.39 Å². The van der Waals surface area contributed by atoms with Crippen LogP contribution < -0.4 is 10.6 Å². The normalized spacial score (nSPS) is 17.5. The predicted molar refractivity (Wildman–Crippen MR) is 105 cm³/mol. The molecule has 0 radical (unpaired) electrons. The van der Waals surface area contributed by atoms with Crippen LogP contribution in [0, 0.1) is 5.82 Å². The first-order valence-electron chi connectivity index (χ1n) is 9.75. The molecule has 7 heteroatoms. The molecule has 27 heavy (non-hydrogen) atoms. The minimum Gasteiger partial charge on any atom is -0.354 e. The highest BCUT2D eigenvalue weighted by atomic mass is 35.5. The van der Waals surface area contributed by atoms with Crippen LogP contribution in [0.1, 0.15) is 55.8 Å². The summed E-state index contributed by atoms with van der Waals surface area (Å²) in [6.45, 7) is 5.25. The standard InChI is InChI=1S/C20H29ClFN3O2/c1-2-3-11-25-12-5-4-6-16(25)14-24-19(26)9-10-23-20(27)17-8-7-15(22)13-18(17)21/h7-8,13,16H,2-6,9-12,14H2,1H3,(H,23,27)(H,24,26). The smallest absolute Gasteiger partial charge is 0.252 e. The van der Waals surface area contributed by atoms with Gasteiger partial charge in [-0.2, -0.15) is 0 Å². The number of rotatable bonds is 9. The number of halogens is 2.